The second-order valence-corrected chi connectivity index (χ2v) is 13.1. The molecule has 0 spiro atoms. The largest absolute Gasteiger partial charge is 0.379 e. The SMILES string of the molecule is CC(C)C[C@H](NC(=O)[C@H](CCc1ccccc1)CC(=O)CN1CCOCC1)C(=O)C[C@@H](Cc1ccccc1)C(=O)ON1C(=O)CCC1=O. The number of hydrogen-bond acceptors (Lipinski definition) is 9. The summed E-state index contributed by atoms with van der Waals surface area (Å²) in [5, 5.41) is 3.43. The number of hydroxylamine groups is 2. The summed E-state index contributed by atoms with van der Waals surface area (Å²) < 4.78 is 5.39. The molecule has 3 amide bonds. The molecule has 2 saturated heterocycles. The minimum atomic E-state index is -1.00. The van der Waals surface area contributed by atoms with Crippen molar-refractivity contribution in [1.29, 1.82) is 0 Å². The lowest BCUT2D eigenvalue weighted by Gasteiger charge is -2.27. The first-order valence-corrected chi connectivity index (χ1v) is 16.9. The predicted molar refractivity (Wildman–Crippen MR) is 177 cm³/mol. The molecular formula is C37H47N3O8. The summed E-state index contributed by atoms with van der Waals surface area (Å²) in [5.41, 5.74) is 1.82. The molecule has 11 nitrogen and oxygen atoms in total. The zero-order valence-electron chi connectivity index (χ0n) is 27.9. The van der Waals surface area contributed by atoms with Gasteiger partial charge in [0.1, 0.15) is 5.78 Å². The summed E-state index contributed by atoms with van der Waals surface area (Å²) >= 11 is 0. The summed E-state index contributed by atoms with van der Waals surface area (Å²) in [6.45, 7) is 6.55. The van der Waals surface area contributed by atoms with Crippen molar-refractivity contribution in [2.75, 3.05) is 32.8 Å². The number of rotatable bonds is 18. The van der Waals surface area contributed by atoms with Gasteiger partial charge in [-0.25, -0.2) is 4.79 Å². The van der Waals surface area contributed by atoms with Crippen LogP contribution < -0.4 is 5.32 Å². The summed E-state index contributed by atoms with van der Waals surface area (Å²) in [5.74, 6) is -4.49. The Kier molecular flexibility index (Phi) is 14.0. The van der Waals surface area contributed by atoms with Crippen LogP contribution in [0.5, 0.6) is 0 Å². The summed E-state index contributed by atoms with van der Waals surface area (Å²) in [6, 6.07) is 17.9. The number of imide groups is 1. The highest BCUT2D eigenvalue weighted by Gasteiger charge is 2.37. The smallest absolute Gasteiger partial charge is 0.337 e. The van der Waals surface area contributed by atoms with E-state index in [0.29, 0.717) is 50.6 Å². The van der Waals surface area contributed by atoms with Gasteiger partial charge < -0.3 is 14.9 Å². The number of amides is 3. The number of carbonyl (C=O) groups is 6. The predicted octanol–water partition coefficient (Wildman–Crippen LogP) is 3.48. The average Bonchev–Trinajstić information content (AvgIpc) is 3.39. The van der Waals surface area contributed by atoms with Gasteiger partial charge in [0.05, 0.1) is 31.7 Å². The fraction of sp³-hybridized carbons (Fsp3) is 0.514. The van der Waals surface area contributed by atoms with Gasteiger partial charge in [-0.15, -0.1) is 5.06 Å². The molecule has 0 aromatic heterocycles. The molecule has 2 aliphatic rings. The third-order valence-corrected chi connectivity index (χ3v) is 8.68. The lowest BCUT2D eigenvalue weighted by molar-refractivity contribution is -0.200. The Hall–Kier alpha value is -4.22. The normalized spacial score (nSPS) is 17.2. The van der Waals surface area contributed by atoms with Crippen molar-refractivity contribution in [3.05, 3.63) is 71.8 Å². The van der Waals surface area contributed by atoms with E-state index >= 15 is 0 Å². The number of nitrogens with one attached hydrogen (secondary N) is 1. The Balaban J connectivity index is 1.48. The molecule has 2 fully saturated rings. The highest BCUT2D eigenvalue weighted by molar-refractivity contribution is 6.02. The fourth-order valence-corrected chi connectivity index (χ4v) is 6.04. The number of carbonyl (C=O) groups excluding carboxylic acids is 6. The number of hydrogen-bond donors (Lipinski definition) is 1. The van der Waals surface area contributed by atoms with Crippen LogP contribution in [0.15, 0.2) is 60.7 Å². The second kappa shape index (κ2) is 18.4. The molecule has 3 atom stereocenters. The maximum atomic E-state index is 13.9. The van der Waals surface area contributed by atoms with Crippen LogP contribution >= 0.6 is 0 Å². The third-order valence-electron chi connectivity index (χ3n) is 8.68. The zero-order valence-corrected chi connectivity index (χ0v) is 27.9. The van der Waals surface area contributed by atoms with Crippen LogP contribution in [0.3, 0.4) is 0 Å². The number of morpholine rings is 1. The van der Waals surface area contributed by atoms with E-state index in [1.807, 2.05) is 79.4 Å². The van der Waals surface area contributed by atoms with Crippen LogP contribution in [0.25, 0.3) is 0 Å². The van der Waals surface area contributed by atoms with E-state index in [1.54, 1.807) is 0 Å². The number of ether oxygens (including phenoxy) is 1. The quantitative estimate of drug-likeness (QED) is 0.238. The fourth-order valence-electron chi connectivity index (χ4n) is 6.04. The molecule has 0 aliphatic carbocycles. The van der Waals surface area contributed by atoms with Crippen LogP contribution in [0, 0.1) is 17.8 Å². The van der Waals surface area contributed by atoms with Crippen molar-refractivity contribution in [2.45, 2.75) is 71.3 Å². The molecule has 2 heterocycles. The minimum absolute atomic E-state index is 0.0318. The van der Waals surface area contributed by atoms with Crippen molar-refractivity contribution in [2.24, 2.45) is 17.8 Å². The standard InChI is InChI=1S/C37H47N3O8/c1-26(2)21-32(33(42)24-30(22-28-11-7-4-8-12-28)37(46)48-40-34(43)15-16-35(40)44)38-36(45)29(14-13-27-9-5-3-6-10-27)23-31(41)25-39-17-19-47-20-18-39/h3-12,26,29-30,32H,13-25H2,1-2H3,(H,38,45)/t29-,30-,32+/m1/s1. The van der Waals surface area contributed by atoms with Gasteiger partial charge in [-0.1, -0.05) is 74.5 Å². The lowest BCUT2D eigenvalue weighted by Crippen LogP contribution is -2.46. The molecule has 48 heavy (non-hydrogen) atoms. The molecule has 0 unspecified atom stereocenters. The molecule has 0 bridgehead atoms. The molecule has 258 valence electrons. The van der Waals surface area contributed by atoms with E-state index in [0.717, 1.165) is 11.1 Å². The van der Waals surface area contributed by atoms with Gasteiger partial charge in [-0.2, -0.15) is 0 Å². The Bertz CT molecular complexity index is 1390. The molecule has 2 aromatic carbocycles. The molecule has 0 radical (unpaired) electrons. The molecule has 4 rings (SSSR count). The molecule has 2 aliphatic heterocycles. The Morgan fingerprint density at radius 1 is 0.833 bits per heavy atom. The van der Waals surface area contributed by atoms with Gasteiger partial charge in [0.2, 0.25) is 5.91 Å². The van der Waals surface area contributed by atoms with Crippen LogP contribution in [-0.4, -0.2) is 84.1 Å². The van der Waals surface area contributed by atoms with Crippen molar-refractivity contribution in [3.63, 3.8) is 0 Å². The van der Waals surface area contributed by atoms with Gasteiger partial charge in [-0.05, 0) is 42.7 Å². The van der Waals surface area contributed by atoms with Crippen LogP contribution in [0.4, 0.5) is 0 Å². The Labute approximate surface area is 282 Å². The van der Waals surface area contributed by atoms with Gasteiger partial charge in [0.15, 0.2) is 5.78 Å². The van der Waals surface area contributed by atoms with E-state index in [9.17, 15) is 28.8 Å². The first-order valence-electron chi connectivity index (χ1n) is 16.9. The number of benzene rings is 2. The Morgan fingerprint density at radius 3 is 2.04 bits per heavy atom. The van der Waals surface area contributed by atoms with Crippen molar-refractivity contribution in [1.82, 2.24) is 15.3 Å². The van der Waals surface area contributed by atoms with Gasteiger partial charge in [0, 0.05) is 44.7 Å². The lowest BCUT2D eigenvalue weighted by atomic mass is 9.88. The topological polar surface area (TPSA) is 139 Å². The number of ketones is 2. The highest BCUT2D eigenvalue weighted by Crippen LogP contribution is 2.22. The third kappa shape index (κ3) is 11.5. The summed E-state index contributed by atoms with van der Waals surface area (Å²) in [6.07, 6.45) is 1.16. The first kappa shape index (κ1) is 36.6. The van der Waals surface area contributed by atoms with E-state index in [2.05, 4.69) is 5.32 Å². The molecule has 2 aromatic rings. The minimum Gasteiger partial charge on any atom is -0.379 e. The highest BCUT2D eigenvalue weighted by atomic mass is 16.7. The van der Waals surface area contributed by atoms with Crippen LogP contribution in [-0.2, 0) is 51.2 Å². The number of Topliss-reactive ketones (excluding diaryl/α,β-unsaturated/α-hetero) is 2. The summed E-state index contributed by atoms with van der Waals surface area (Å²) in [7, 11) is 0. The van der Waals surface area contributed by atoms with Gasteiger partial charge in [-0.3, -0.25) is 28.9 Å². The van der Waals surface area contributed by atoms with Gasteiger partial charge in [0.25, 0.3) is 11.8 Å². The van der Waals surface area contributed by atoms with E-state index in [4.69, 9.17) is 9.57 Å². The average molecular weight is 662 g/mol. The first-order chi connectivity index (χ1) is 23.1. The molecule has 11 heteroatoms. The molecule has 1 N–H and O–H groups in total. The monoisotopic (exact) mass is 661 g/mol. The maximum Gasteiger partial charge on any atom is 0.337 e. The van der Waals surface area contributed by atoms with E-state index < -0.39 is 35.7 Å². The van der Waals surface area contributed by atoms with Crippen molar-refractivity contribution >= 4 is 35.3 Å². The van der Waals surface area contributed by atoms with Crippen molar-refractivity contribution in [3.8, 4) is 0 Å². The Morgan fingerprint density at radius 2 is 1.44 bits per heavy atom. The van der Waals surface area contributed by atoms with E-state index in [-0.39, 0.29) is 62.0 Å². The van der Waals surface area contributed by atoms with Crippen molar-refractivity contribution < 1.29 is 38.3 Å². The number of aryl methyl sites for hydroxylation is 1. The molecule has 0 saturated carbocycles. The second-order valence-electron chi connectivity index (χ2n) is 13.1. The molecular weight excluding hydrogens is 614 g/mol. The zero-order chi connectivity index (χ0) is 34.5. The number of nitrogens with zero attached hydrogens (tertiary/aromatic N) is 2. The van der Waals surface area contributed by atoms with Crippen LogP contribution in [0.1, 0.15) is 63.5 Å². The van der Waals surface area contributed by atoms with Crippen LogP contribution in [0.2, 0.25) is 0 Å². The van der Waals surface area contributed by atoms with E-state index in [1.165, 1.54) is 0 Å². The maximum absolute atomic E-state index is 13.9. The van der Waals surface area contributed by atoms with Gasteiger partial charge >= 0.3 is 5.97 Å². The summed E-state index contributed by atoms with van der Waals surface area (Å²) in [4.78, 5) is 85.9.